The maximum atomic E-state index is 13.2. The smallest absolute Gasteiger partial charge is 0.420 e. The minimum absolute atomic E-state index is 0.0128. The molecular weight excluding hydrogens is 380 g/mol. The van der Waals surface area contributed by atoms with E-state index in [0.717, 1.165) is 6.07 Å². The van der Waals surface area contributed by atoms with Gasteiger partial charge in [0.1, 0.15) is 39.7 Å². The summed E-state index contributed by atoms with van der Waals surface area (Å²) in [4.78, 5) is 0. The minimum Gasteiger partial charge on any atom is -0.497 e. The van der Waals surface area contributed by atoms with Gasteiger partial charge in [0.2, 0.25) is 0 Å². The van der Waals surface area contributed by atoms with Crippen molar-refractivity contribution in [2.24, 2.45) is 0 Å². The lowest BCUT2D eigenvalue weighted by atomic mass is 10.2. The Balaban J connectivity index is 2.27. The van der Waals surface area contributed by atoms with Crippen molar-refractivity contribution in [2.45, 2.75) is 6.18 Å². The van der Waals surface area contributed by atoms with Crippen LogP contribution in [0.15, 0.2) is 53.0 Å². The molecule has 3 nitrogen and oxygen atoms in total. The molecule has 0 amide bonds. The van der Waals surface area contributed by atoms with Gasteiger partial charge in [0.15, 0.2) is 0 Å². The Labute approximate surface area is 152 Å². The van der Waals surface area contributed by atoms with Gasteiger partial charge >= 0.3 is 6.18 Å². The molecule has 0 aliphatic rings. The number of rotatable bonds is 6. The molecule has 25 heavy (non-hydrogen) atoms. The quantitative estimate of drug-likeness (QED) is 0.585. The number of methoxy groups -OCH3 is 1. The van der Waals surface area contributed by atoms with Crippen molar-refractivity contribution in [3.63, 3.8) is 0 Å². The standard InChI is InChI=1S/C17H13Cl2F3O3/c1-23-11-3-2-4-12(9-11)25-13-5-6-15(24-8-7-16(18)19)14(10-13)17(20,21)22/h2-7,9-10H,8H2,1H3. The van der Waals surface area contributed by atoms with Crippen LogP contribution >= 0.6 is 23.2 Å². The molecule has 0 aromatic heterocycles. The van der Waals surface area contributed by atoms with E-state index >= 15 is 0 Å². The first-order chi connectivity index (χ1) is 11.8. The summed E-state index contributed by atoms with van der Waals surface area (Å²) in [5.74, 6) is 0.534. The third-order valence-electron chi connectivity index (χ3n) is 3.01. The molecule has 8 heteroatoms. The summed E-state index contributed by atoms with van der Waals surface area (Å²) < 4.78 is 55.2. The lowest BCUT2D eigenvalue weighted by molar-refractivity contribution is -0.138. The highest BCUT2D eigenvalue weighted by Gasteiger charge is 2.35. The third kappa shape index (κ3) is 5.76. The average molecular weight is 393 g/mol. The normalized spacial score (nSPS) is 11.0. The molecule has 2 aromatic rings. The van der Waals surface area contributed by atoms with E-state index < -0.39 is 11.7 Å². The molecule has 0 fully saturated rings. The first-order valence-corrected chi connectivity index (χ1v) is 7.72. The molecule has 0 radical (unpaired) electrons. The summed E-state index contributed by atoms with van der Waals surface area (Å²) in [5.41, 5.74) is -0.966. The van der Waals surface area contributed by atoms with Crippen molar-refractivity contribution >= 4 is 23.2 Å². The molecule has 0 atom stereocenters. The first-order valence-electron chi connectivity index (χ1n) is 6.96. The number of hydrogen-bond acceptors (Lipinski definition) is 3. The lowest BCUT2D eigenvalue weighted by Gasteiger charge is -2.15. The molecule has 0 unspecified atom stereocenters. The van der Waals surface area contributed by atoms with E-state index in [1.165, 1.54) is 25.3 Å². The lowest BCUT2D eigenvalue weighted by Crippen LogP contribution is -2.09. The van der Waals surface area contributed by atoms with E-state index in [0.29, 0.717) is 11.5 Å². The second-order valence-electron chi connectivity index (χ2n) is 4.74. The molecule has 0 aliphatic carbocycles. The van der Waals surface area contributed by atoms with Crippen molar-refractivity contribution in [3.05, 3.63) is 58.6 Å². The zero-order valence-corrected chi connectivity index (χ0v) is 14.5. The van der Waals surface area contributed by atoms with Crippen LogP contribution in [-0.2, 0) is 6.18 Å². The molecule has 2 aromatic carbocycles. The second-order valence-corrected chi connectivity index (χ2v) is 5.75. The van der Waals surface area contributed by atoms with Gasteiger partial charge in [-0.05, 0) is 36.4 Å². The maximum absolute atomic E-state index is 13.2. The van der Waals surface area contributed by atoms with Crippen LogP contribution in [0.25, 0.3) is 0 Å². The molecule has 134 valence electrons. The van der Waals surface area contributed by atoms with Crippen LogP contribution in [0.2, 0.25) is 0 Å². The molecule has 0 saturated carbocycles. The van der Waals surface area contributed by atoms with Gasteiger partial charge in [0, 0.05) is 6.07 Å². The first kappa shape index (κ1) is 19.3. The Morgan fingerprint density at radius 1 is 1.04 bits per heavy atom. The molecular formula is C17H13Cl2F3O3. The van der Waals surface area contributed by atoms with Gasteiger partial charge in [-0.3, -0.25) is 0 Å². The summed E-state index contributed by atoms with van der Waals surface area (Å²) in [7, 11) is 1.48. The molecule has 2 rings (SSSR count). The Morgan fingerprint density at radius 3 is 2.36 bits per heavy atom. The zero-order valence-electron chi connectivity index (χ0n) is 12.9. The summed E-state index contributed by atoms with van der Waals surface area (Å²) in [5, 5.41) is 0. The number of ether oxygens (including phenoxy) is 3. The largest absolute Gasteiger partial charge is 0.497 e. The third-order valence-corrected chi connectivity index (χ3v) is 3.32. The fraction of sp³-hybridized carbons (Fsp3) is 0.176. The van der Waals surface area contributed by atoms with Crippen LogP contribution in [0.3, 0.4) is 0 Å². The number of alkyl halides is 3. The predicted molar refractivity (Wildman–Crippen MR) is 89.8 cm³/mol. The van der Waals surface area contributed by atoms with Crippen molar-refractivity contribution in [2.75, 3.05) is 13.7 Å². The van der Waals surface area contributed by atoms with Gasteiger partial charge < -0.3 is 14.2 Å². The molecule has 0 saturated heterocycles. The van der Waals surface area contributed by atoms with E-state index in [4.69, 9.17) is 37.4 Å². The minimum atomic E-state index is -4.61. The van der Waals surface area contributed by atoms with Crippen molar-refractivity contribution in [1.82, 2.24) is 0 Å². The summed E-state index contributed by atoms with van der Waals surface area (Å²) >= 11 is 10.8. The van der Waals surface area contributed by atoms with Gasteiger partial charge in [0.05, 0.1) is 7.11 Å². The predicted octanol–water partition coefficient (Wildman–Crippen LogP) is 6.20. The number of halogens is 5. The Kier molecular flexibility index (Phi) is 6.45. The Morgan fingerprint density at radius 2 is 1.72 bits per heavy atom. The van der Waals surface area contributed by atoms with E-state index in [1.54, 1.807) is 24.3 Å². The van der Waals surface area contributed by atoms with Crippen LogP contribution in [0, 0.1) is 0 Å². The van der Waals surface area contributed by atoms with Gasteiger partial charge in [-0.15, -0.1) is 0 Å². The van der Waals surface area contributed by atoms with E-state index in [2.05, 4.69) is 0 Å². The van der Waals surface area contributed by atoms with Gasteiger partial charge in [-0.25, -0.2) is 0 Å². The second kappa shape index (κ2) is 8.36. The fourth-order valence-electron chi connectivity index (χ4n) is 1.92. The molecule has 0 bridgehead atoms. The van der Waals surface area contributed by atoms with Crippen LogP contribution < -0.4 is 14.2 Å². The van der Waals surface area contributed by atoms with E-state index in [1.807, 2.05) is 0 Å². The average Bonchev–Trinajstić information content (AvgIpc) is 2.55. The van der Waals surface area contributed by atoms with Crippen LogP contribution in [-0.4, -0.2) is 13.7 Å². The van der Waals surface area contributed by atoms with E-state index in [-0.39, 0.29) is 22.6 Å². The van der Waals surface area contributed by atoms with Crippen LogP contribution in [0.5, 0.6) is 23.0 Å². The van der Waals surface area contributed by atoms with Crippen molar-refractivity contribution in [1.29, 1.82) is 0 Å². The zero-order chi connectivity index (χ0) is 18.4. The monoisotopic (exact) mass is 392 g/mol. The highest BCUT2D eigenvalue weighted by Crippen LogP contribution is 2.39. The van der Waals surface area contributed by atoms with Crippen LogP contribution in [0.1, 0.15) is 5.56 Å². The molecule has 0 aliphatic heterocycles. The topological polar surface area (TPSA) is 27.7 Å². The van der Waals surface area contributed by atoms with Gasteiger partial charge in [0.25, 0.3) is 0 Å². The fourth-order valence-corrected chi connectivity index (χ4v) is 2.04. The van der Waals surface area contributed by atoms with Crippen molar-refractivity contribution < 1.29 is 27.4 Å². The van der Waals surface area contributed by atoms with Crippen molar-refractivity contribution in [3.8, 4) is 23.0 Å². The highest BCUT2D eigenvalue weighted by atomic mass is 35.5. The number of hydrogen-bond donors (Lipinski definition) is 0. The number of benzene rings is 2. The summed E-state index contributed by atoms with van der Waals surface area (Å²) in [6.45, 7) is -0.193. The molecule has 0 N–H and O–H groups in total. The summed E-state index contributed by atoms with van der Waals surface area (Å²) in [6, 6.07) is 9.93. The van der Waals surface area contributed by atoms with Gasteiger partial charge in [-0.1, -0.05) is 29.3 Å². The SMILES string of the molecule is COc1cccc(Oc2ccc(OCC=C(Cl)Cl)c(C(F)(F)F)c2)c1. The van der Waals surface area contributed by atoms with Crippen LogP contribution in [0.4, 0.5) is 13.2 Å². The Bertz CT molecular complexity index is 757. The maximum Gasteiger partial charge on any atom is 0.420 e. The highest BCUT2D eigenvalue weighted by molar-refractivity contribution is 6.55. The molecule has 0 heterocycles. The Hall–Kier alpha value is -2.05. The van der Waals surface area contributed by atoms with E-state index in [9.17, 15) is 13.2 Å². The summed E-state index contributed by atoms with van der Waals surface area (Å²) in [6.07, 6.45) is -3.37. The molecule has 0 spiro atoms. The van der Waals surface area contributed by atoms with Gasteiger partial charge in [-0.2, -0.15) is 13.2 Å².